The average molecular weight is 447 g/mol. The van der Waals surface area contributed by atoms with Gasteiger partial charge in [0.25, 0.3) is 0 Å². The third-order valence-corrected chi connectivity index (χ3v) is 11.4. The van der Waals surface area contributed by atoms with Crippen LogP contribution >= 0.6 is 0 Å². The van der Waals surface area contributed by atoms with Crippen LogP contribution in [0.5, 0.6) is 0 Å². The molecule has 0 saturated heterocycles. The maximum atomic E-state index is 10.8. The fraction of sp³-hybridized carbons (Fsp3) is 0.933. The second-order valence-electron chi connectivity index (χ2n) is 13.8. The van der Waals surface area contributed by atoms with Crippen molar-refractivity contribution in [2.75, 3.05) is 6.61 Å². The molecule has 3 fully saturated rings. The Morgan fingerprint density at radius 2 is 1.66 bits per heavy atom. The summed E-state index contributed by atoms with van der Waals surface area (Å²) in [5.74, 6) is 2.67. The van der Waals surface area contributed by atoms with Crippen molar-refractivity contribution in [1.82, 2.24) is 0 Å². The molecule has 3 aliphatic carbocycles. The smallest absolute Gasteiger partial charge is 0.0594 e. The lowest BCUT2D eigenvalue weighted by atomic mass is 9.42. The van der Waals surface area contributed by atoms with Gasteiger partial charge in [-0.2, -0.15) is 0 Å². The van der Waals surface area contributed by atoms with Gasteiger partial charge in [0.2, 0.25) is 0 Å². The highest BCUT2D eigenvalue weighted by Gasteiger charge is 2.64. The van der Waals surface area contributed by atoms with Gasteiger partial charge in [0.05, 0.1) is 6.10 Å². The van der Waals surface area contributed by atoms with Gasteiger partial charge in [0.15, 0.2) is 0 Å². The maximum Gasteiger partial charge on any atom is 0.0594 e. The molecule has 2 N–H and O–H groups in total. The van der Waals surface area contributed by atoms with Gasteiger partial charge in [-0.25, -0.2) is 0 Å². The molecule has 2 heteroatoms. The Bertz CT molecular complexity index is 668. The van der Waals surface area contributed by atoms with Crippen LogP contribution in [0.1, 0.15) is 119 Å². The Kier molecular flexibility index (Phi) is 7.69. The third kappa shape index (κ3) is 4.37. The first kappa shape index (κ1) is 26.3. The summed E-state index contributed by atoms with van der Waals surface area (Å²) in [6.07, 6.45) is 13.1. The largest absolute Gasteiger partial charge is 0.396 e. The molecule has 0 aromatic heterocycles. The first-order chi connectivity index (χ1) is 14.9. The molecule has 3 unspecified atom stereocenters. The van der Waals surface area contributed by atoms with Crippen LogP contribution in [0.25, 0.3) is 0 Å². The van der Waals surface area contributed by atoms with E-state index in [1.165, 1.54) is 56.9 Å². The van der Waals surface area contributed by atoms with Gasteiger partial charge < -0.3 is 10.2 Å². The monoisotopic (exact) mass is 446 g/mol. The molecule has 3 saturated carbocycles. The van der Waals surface area contributed by atoms with Crippen molar-refractivity contribution in [3.63, 3.8) is 0 Å². The number of allylic oxidation sites excluding steroid dienone is 1. The van der Waals surface area contributed by atoms with Crippen LogP contribution in [0.3, 0.4) is 0 Å². The molecule has 3 aliphatic rings. The summed E-state index contributed by atoms with van der Waals surface area (Å²) in [4.78, 5) is 0. The van der Waals surface area contributed by atoms with Gasteiger partial charge in [-0.15, -0.1) is 0 Å². The standard InChI is InChI=1S/C30H54O2/c1-9-10-16-28(6,20-31)17-13-22(21(2)3)23-11-12-25-29(23,7)18-14-24-27(4,5)26(32)15-19-30(24,25)8/h22-26,31-32H,2,9-20H2,1,3-8H3/t22-,23?,24?,25?,26-,28+,29-,30-/m0/s1. The fourth-order valence-electron chi connectivity index (χ4n) is 9.20. The lowest BCUT2D eigenvalue weighted by Gasteiger charge is -2.63. The molecular formula is C30H54O2. The number of hydrogen-bond acceptors (Lipinski definition) is 2. The van der Waals surface area contributed by atoms with Crippen LogP contribution in [0.2, 0.25) is 0 Å². The van der Waals surface area contributed by atoms with Crippen molar-refractivity contribution in [1.29, 1.82) is 0 Å². The number of aliphatic hydroxyl groups excluding tert-OH is 2. The fourth-order valence-corrected chi connectivity index (χ4v) is 9.20. The van der Waals surface area contributed by atoms with E-state index in [1.54, 1.807) is 0 Å². The number of rotatable bonds is 9. The Labute approximate surface area is 199 Å². The van der Waals surface area contributed by atoms with Gasteiger partial charge in [-0.05, 0) is 110 Å². The predicted octanol–water partition coefficient (Wildman–Crippen LogP) is 7.78. The van der Waals surface area contributed by atoms with Gasteiger partial charge >= 0.3 is 0 Å². The molecule has 0 bridgehead atoms. The maximum absolute atomic E-state index is 10.8. The summed E-state index contributed by atoms with van der Waals surface area (Å²) in [6, 6.07) is 0. The zero-order valence-corrected chi connectivity index (χ0v) is 22.5. The average Bonchev–Trinajstić information content (AvgIpc) is 3.08. The van der Waals surface area contributed by atoms with Crippen LogP contribution in [-0.4, -0.2) is 22.9 Å². The Balaban J connectivity index is 1.81. The zero-order chi connectivity index (χ0) is 23.9. The third-order valence-electron chi connectivity index (χ3n) is 11.4. The number of fused-ring (bicyclic) bond motifs is 3. The molecule has 32 heavy (non-hydrogen) atoms. The second-order valence-corrected chi connectivity index (χ2v) is 13.8. The normalized spacial score (nSPS) is 41.4. The first-order valence-electron chi connectivity index (χ1n) is 13.8. The molecule has 186 valence electrons. The van der Waals surface area contributed by atoms with Gasteiger partial charge in [-0.3, -0.25) is 0 Å². The van der Waals surface area contributed by atoms with E-state index in [1.807, 2.05) is 0 Å². The second kappa shape index (κ2) is 9.37. The Hall–Kier alpha value is -0.340. The van der Waals surface area contributed by atoms with Crippen molar-refractivity contribution in [2.24, 2.45) is 45.3 Å². The van der Waals surface area contributed by atoms with Crippen molar-refractivity contribution < 1.29 is 10.2 Å². The number of aliphatic hydroxyl groups is 2. The predicted molar refractivity (Wildman–Crippen MR) is 136 cm³/mol. The first-order valence-corrected chi connectivity index (χ1v) is 13.8. The molecule has 0 aromatic carbocycles. The minimum atomic E-state index is -0.149. The molecule has 0 heterocycles. The molecule has 0 radical (unpaired) electrons. The van der Waals surface area contributed by atoms with Crippen LogP contribution in [0, 0.1) is 45.3 Å². The van der Waals surface area contributed by atoms with Crippen LogP contribution in [0.4, 0.5) is 0 Å². The lowest BCUT2D eigenvalue weighted by Crippen LogP contribution is -2.58. The number of hydrogen-bond donors (Lipinski definition) is 2. The van der Waals surface area contributed by atoms with Crippen molar-refractivity contribution >= 4 is 0 Å². The van der Waals surface area contributed by atoms with E-state index in [-0.39, 0.29) is 16.9 Å². The molecule has 2 nitrogen and oxygen atoms in total. The Morgan fingerprint density at radius 1 is 1.00 bits per heavy atom. The SMILES string of the molecule is C=C(C)[C@H](CC[C@](C)(CO)CCCC)C1CCC2[C@@]1(C)CCC1C(C)(C)[C@@H](O)CC[C@@]12C. The molecule has 0 amide bonds. The topological polar surface area (TPSA) is 40.5 Å². The van der Waals surface area contributed by atoms with Crippen molar-refractivity contribution in [2.45, 2.75) is 125 Å². The number of unbranched alkanes of at least 4 members (excludes halogenated alkanes) is 1. The summed E-state index contributed by atoms with van der Waals surface area (Å²) in [7, 11) is 0. The minimum absolute atomic E-state index is 0.0301. The summed E-state index contributed by atoms with van der Waals surface area (Å²) < 4.78 is 0. The van der Waals surface area contributed by atoms with Crippen LogP contribution < -0.4 is 0 Å². The molecule has 8 atom stereocenters. The van der Waals surface area contributed by atoms with E-state index in [0.717, 1.165) is 25.2 Å². The van der Waals surface area contributed by atoms with E-state index in [9.17, 15) is 10.2 Å². The molecular weight excluding hydrogens is 392 g/mol. The lowest BCUT2D eigenvalue weighted by molar-refractivity contribution is -0.169. The highest BCUT2D eigenvalue weighted by Crippen LogP contribution is 2.71. The van der Waals surface area contributed by atoms with E-state index < -0.39 is 0 Å². The summed E-state index contributed by atoms with van der Waals surface area (Å²) >= 11 is 0. The van der Waals surface area contributed by atoms with E-state index in [2.05, 4.69) is 55.0 Å². The highest BCUT2D eigenvalue weighted by atomic mass is 16.3. The highest BCUT2D eigenvalue weighted by molar-refractivity contribution is 5.15. The van der Waals surface area contributed by atoms with E-state index >= 15 is 0 Å². The van der Waals surface area contributed by atoms with E-state index in [4.69, 9.17) is 0 Å². The van der Waals surface area contributed by atoms with Gasteiger partial charge in [0.1, 0.15) is 0 Å². The summed E-state index contributed by atoms with van der Waals surface area (Å²) in [5, 5.41) is 21.0. The minimum Gasteiger partial charge on any atom is -0.396 e. The molecule has 3 rings (SSSR count). The van der Waals surface area contributed by atoms with Crippen LogP contribution in [0.15, 0.2) is 12.2 Å². The molecule has 0 aromatic rings. The Morgan fingerprint density at radius 3 is 2.25 bits per heavy atom. The quantitative estimate of drug-likeness (QED) is 0.355. The van der Waals surface area contributed by atoms with Crippen molar-refractivity contribution in [3.8, 4) is 0 Å². The summed E-state index contributed by atoms with van der Waals surface area (Å²) in [5.41, 5.74) is 2.18. The van der Waals surface area contributed by atoms with Gasteiger partial charge in [0, 0.05) is 6.61 Å². The molecule has 0 spiro atoms. The van der Waals surface area contributed by atoms with Gasteiger partial charge in [-0.1, -0.05) is 66.5 Å². The summed E-state index contributed by atoms with van der Waals surface area (Å²) in [6.45, 7) is 21.5. The van der Waals surface area contributed by atoms with Crippen molar-refractivity contribution in [3.05, 3.63) is 12.2 Å². The van der Waals surface area contributed by atoms with E-state index in [0.29, 0.717) is 35.2 Å². The zero-order valence-electron chi connectivity index (χ0n) is 22.5. The van der Waals surface area contributed by atoms with Crippen LogP contribution in [-0.2, 0) is 0 Å². The molecule has 0 aliphatic heterocycles.